The summed E-state index contributed by atoms with van der Waals surface area (Å²) < 4.78 is 5.47. The summed E-state index contributed by atoms with van der Waals surface area (Å²) in [5.74, 6) is -0.666. The maximum absolute atomic E-state index is 13.6. The largest absolute Gasteiger partial charge is 0.494 e. The molecule has 0 N–H and O–H groups in total. The second kappa shape index (κ2) is 8.30. The third-order valence-electron chi connectivity index (χ3n) is 5.74. The first-order valence-corrected chi connectivity index (χ1v) is 10.8. The highest BCUT2D eigenvalue weighted by Gasteiger charge is 2.60. The third kappa shape index (κ3) is 3.42. The van der Waals surface area contributed by atoms with E-state index in [2.05, 4.69) is 0 Å². The van der Waals surface area contributed by atoms with Crippen molar-refractivity contribution in [3.05, 3.63) is 89.4 Å². The monoisotopic (exact) mass is 448 g/mol. The molecule has 2 saturated heterocycles. The lowest BCUT2D eigenvalue weighted by Gasteiger charge is -2.28. The van der Waals surface area contributed by atoms with E-state index in [4.69, 9.17) is 21.2 Å². The number of hydroxylamine groups is 1. The average Bonchev–Trinajstić information content (AvgIpc) is 3.32. The van der Waals surface area contributed by atoms with Crippen LogP contribution in [0.25, 0.3) is 0 Å². The van der Waals surface area contributed by atoms with Crippen molar-refractivity contribution < 1.29 is 19.2 Å². The van der Waals surface area contributed by atoms with Crippen molar-refractivity contribution in [2.75, 3.05) is 16.6 Å². The minimum Gasteiger partial charge on any atom is -0.494 e. The molecule has 6 nitrogen and oxygen atoms in total. The highest BCUT2D eigenvalue weighted by atomic mass is 35.5. The molecule has 0 aromatic heterocycles. The van der Waals surface area contributed by atoms with Gasteiger partial charge in [0.2, 0.25) is 5.91 Å². The van der Waals surface area contributed by atoms with E-state index in [1.807, 2.05) is 49.4 Å². The standard InChI is InChI=1S/C25H21ClN2O4/c1-2-31-20-14-12-18(13-15-20)27-24(29)21-22(16-8-10-17(26)11-9-16)28(32-23(21)25(27)30)19-6-4-3-5-7-19/h3-15,21-23H,2H2,1H3/t21-,22-,23-/m0/s1. The second-order valence-electron chi connectivity index (χ2n) is 7.65. The number of carbonyl (C=O) groups excluding carboxylic acids is 2. The Bertz CT molecular complexity index is 1130. The zero-order chi connectivity index (χ0) is 22.2. The molecule has 32 heavy (non-hydrogen) atoms. The maximum atomic E-state index is 13.6. The summed E-state index contributed by atoms with van der Waals surface area (Å²) in [4.78, 5) is 34.2. The molecule has 0 bridgehead atoms. The number of imide groups is 1. The number of hydrogen-bond acceptors (Lipinski definition) is 5. The van der Waals surface area contributed by atoms with Gasteiger partial charge in [-0.1, -0.05) is 41.9 Å². The minimum atomic E-state index is -0.907. The van der Waals surface area contributed by atoms with Crippen LogP contribution in [0, 0.1) is 5.92 Å². The predicted octanol–water partition coefficient (Wildman–Crippen LogP) is 4.79. The summed E-state index contributed by atoms with van der Waals surface area (Å²) in [6.07, 6.45) is -0.907. The molecule has 0 unspecified atom stereocenters. The highest BCUT2D eigenvalue weighted by molar-refractivity contribution is 6.30. The number of amides is 2. The van der Waals surface area contributed by atoms with E-state index in [0.717, 1.165) is 11.3 Å². The van der Waals surface area contributed by atoms with Crippen molar-refractivity contribution in [1.29, 1.82) is 0 Å². The van der Waals surface area contributed by atoms with Crippen LogP contribution in [0.3, 0.4) is 0 Å². The molecule has 0 aliphatic carbocycles. The molecule has 3 aromatic carbocycles. The summed E-state index contributed by atoms with van der Waals surface area (Å²) in [6.45, 7) is 2.44. The van der Waals surface area contributed by atoms with Crippen molar-refractivity contribution in [3.63, 3.8) is 0 Å². The van der Waals surface area contributed by atoms with E-state index in [9.17, 15) is 9.59 Å². The number of fused-ring (bicyclic) bond motifs is 1. The number of nitrogens with zero attached hydrogens (tertiary/aromatic N) is 2. The van der Waals surface area contributed by atoms with Crippen LogP contribution < -0.4 is 14.7 Å². The Morgan fingerprint density at radius 2 is 1.56 bits per heavy atom. The number of carbonyl (C=O) groups is 2. The molecule has 2 aliphatic heterocycles. The lowest BCUT2D eigenvalue weighted by molar-refractivity contribution is -0.126. The average molecular weight is 449 g/mol. The molecule has 2 heterocycles. The Morgan fingerprint density at radius 1 is 0.875 bits per heavy atom. The van der Waals surface area contributed by atoms with Gasteiger partial charge in [0.25, 0.3) is 5.91 Å². The summed E-state index contributed by atoms with van der Waals surface area (Å²) in [5.41, 5.74) is 2.12. The van der Waals surface area contributed by atoms with Gasteiger partial charge >= 0.3 is 0 Å². The number of benzene rings is 3. The van der Waals surface area contributed by atoms with Gasteiger partial charge in [-0.05, 0) is 61.0 Å². The van der Waals surface area contributed by atoms with E-state index in [-0.39, 0.29) is 11.8 Å². The number of rotatable bonds is 5. The zero-order valence-electron chi connectivity index (χ0n) is 17.4. The lowest BCUT2D eigenvalue weighted by atomic mass is 9.90. The number of para-hydroxylation sites is 1. The van der Waals surface area contributed by atoms with Gasteiger partial charge in [-0.2, -0.15) is 0 Å². The van der Waals surface area contributed by atoms with E-state index in [0.29, 0.717) is 23.1 Å². The van der Waals surface area contributed by atoms with Gasteiger partial charge < -0.3 is 4.74 Å². The van der Waals surface area contributed by atoms with Gasteiger partial charge in [0.15, 0.2) is 6.10 Å². The molecule has 7 heteroatoms. The van der Waals surface area contributed by atoms with Gasteiger partial charge in [0, 0.05) is 5.02 Å². The number of anilines is 2. The van der Waals surface area contributed by atoms with Crippen LogP contribution in [0.15, 0.2) is 78.9 Å². The molecule has 2 aliphatic rings. The fourth-order valence-corrected chi connectivity index (χ4v) is 4.45. The van der Waals surface area contributed by atoms with Crippen molar-refractivity contribution >= 4 is 34.8 Å². The topological polar surface area (TPSA) is 59.1 Å². The first kappa shape index (κ1) is 20.5. The summed E-state index contributed by atoms with van der Waals surface area (Å²) in [5, 5.41) is 2.27. The van der Waals surface area contributed by atoms with E-state index < -0.39 is 18.1 Å². The molecule has 0 radical (unpaired) electrons. The molecule has 0 spiro atoms. The van der Waals surface area contributed by atoms with E-state index in [1.165, 1.54) is 4.90 Å². The quantitative estimate of drug-likeness (QED) is 0.525. The summed E-state index contributed by atoms with van der Waals surface area (Å²) >= 11 is 6.09. The van der Waals surface area contributed by atoms with Crippen molar-refractivity contribution in [3.8, 4) is 5.75 Å². The number of ether oxygens (including phenoxy) is 1. The van der Waals surface area contributed by atoms with Crippen molar-refractivity contribution in [2.45, 2.75) is 19.1 Å². The molecule has 162 valence electrons. The van der Waals surface area contributed by atoms with Crippen LogP contribution in [0.1, 0.15) is 18.5 Å². The number of halogens is 1. The van der Waals surface area contributed by atoms with E-state index in [1.54, 1.807) is 41.5 Å². The maximum Gasteiger partial charge on any atom is 0.266 e. The number of hydrogen-bond donors (Lipinski definition) is 0. The van der Waals surface area contributed by atoms with Gasteiger partial charge in [-0.3, -0.25) is 14.4 Å². The normalized spacial score (nSPS) is 22.4. The fourth-order valence-electron chi connectivity index (χ4n) is 4.32. The first-order valence-electron chi connectivity index (χ1n) is 10.5. The Morgan fingerprint density at radius 3 is 2.22 bits per heavy atom. The van der Waals surface area contributed by atoms with Crippen LogP contribution in [-0.4, -0.2) is 24.5 Å². The summed E-state index contributed by atoms with van der Waals surface area (Å²) in [7, 11) is 0. The molecular formula is C25H21ClN2O4. The van der Waals surface area contributed by atoms with Crippen molar-refractivity contribution in [2.24, 2.45) is 5.92 Å². The molecule has 2 amide bonds. The third-order valence-corrected chi connectivity index (χ3v) is 6.00. The fraction of sp³-hybridized carbons (Fsp3) is 0.200. The second-order valence-corrected chi connectivity index (χ2v) is 8.08. The SMILES string of the molecule is CCOc1ccc(N2C(=O)[C@@H]3[C@H](ON(c4ccccc4)[C@H]3c3ccc(Cl)cc3)C2=O)cc1. The Hall–Kier alpha value is -3.35. The zero-order valence-corrected chi connectivity index (χ0v) is 18.1. The van der Waals surface area contributed by atoms with E-state index >= 15 is 0 Å². The van der Waals surface area contributed by atoms with Crippen molar-refractivity contribution in [1.82, 2.24) is 0 Å². The molecule has 5 rings (SSSR count). The minimum absolute atomic E-state index is 0.289. The van der Waals surface area contributed by atoms with Gasteiger partial charge in [0.05, 0.1) is 24.0 Å². The Labute approximate surface area is 190 Å². The Balaban J connectivity index is 1.53. The van der Waals surface area contributed by atoms with Crippen LogP contribution in [0.5, 0.6) is 5.75 Å². The summed E-state index contributed by atoms with van der Waals surface area (Å²) in [6, 6.07) is 23.2. The van der Waals surface area contributed by atoms with Crippen LogP contribution in [0.2, 0.25) is 5.02 Å². The highest BCUT2D eigenvalue weighted by Crippen LogP contribution is 2.47. The molecule has 0 saturated carbocycles. The smallest absolute Gasteiger partial charge is 0.266 e. The predicted molar refractivity (Wildman–Crippen MR) is 122 cm³/mol. The van der Waals surface area contributed by atoms with Gasteiger partial charge in [0.1, 0.15) is 11.7 Å². The van der Waals surface area contributed by atoms with Crippen LogP contribution in [0.4, 0.5) is 11.4 Å². The molecule has 2 fully saturated rings. The first-order chi connectivity index (χ1) is 15.6. The lowest BCUT2D eigenvalue weighted by Crippen LogP contribution is -2.37. The van der Waals surface area contributed by atoms with Crippen LogP contribution in [-0.2, 0) is 14.4 Å². The molecule has 3 atom stereocenters. The van der Waals surface area contributed by atoms with Crippen LogP contribution >= 0.6 is 11.6 Å². The molecule has 3 aromatic rings. The van der Waals surface area contributed by atoms with Gasteiger partial charge in [-0.25, -0.2) is 9.96 Å². The molecular weight excluding hydrogens is 428 g/mol. The van der Waals surface area contributed by atoms with Gasteiger partial charge in [-0.15, -0.1) is 0 Å². The Kier molecular flexibility index (Phi) is 5.33.